The van der Waals surface area contributed by atoms with Crippen LogP contribution in [0.4, 0.5) is 17.6 Å². The Labute approximate surface area is 159 Å². The van der Waals surface area contributed by atoms with E-state index in [4.69, 9.17) is 0 Å². The van der Waals surface area contributed by atoms with Gasteiger partial charge in [-0.15, -0.1) is 0 Å². The Kier molecular flexibility index (Phi) is 6.09. The van der Waals surface area contributed by atoms with Crippen LogP contribution in [-0.4, -0.2) is 29.6 Å². The maximum absolute atomic E-state index is 14.0. The Morgan fingerprint density at radius 3 is 2.44 bits per heavy atom. The lowest BCUT2D eigenvalue weighted by Crippen LogP contribution is -2.34. The number of hydrogen-bond acceptors (Lipinski definition) is 2. The Morgan fingerprint density at radius 1 is 1.07 bits per heavy atom. The molecule has 1 saturated heterocycles. The number of alkyl halides is 3. The van der Waals surface area contributed by atoms with Gasteiger partial charge in [-0.25, -0.2) is 4.39 Å². The summed E-state index contributed by atoms with van der Waals surface area (Å²) in [5, 5.41) is -0.00457. The third kappa shape index (κ3) is 5.03. The minimum Gasteiger partial charge on any atom is -0.342 e. The van der Waals surface area contributed by atoms with Crippen molar-refractivity contribution < 1.29 is 22.4 Å². The molecule has 1 heterocycles. The van der Waals surface area contributed by atoms with Crippen LogP contribution in [-0.2, 0) is 17.4 Å². The van der Waals surface area contributed by atoms with E-state index in [0.717, 1.165) is 12.1 Å². The molecule has 1 atom stereocenters. The molecular formula is C20H19F4NOS. The molecule has 0 N–H and O–H groups in total. The SMILES string of the molecule is O=C(Cc1ccc(C(F)(F)F)cc1)N1CCSC(c2ccccc2F)CC1. The van der Waals surface area contributed by atoms with E-state index in [1.54, 1.807) is 34.9 Å². The van der Waals surface area contributed by atoms with Crippen molar-refractivity contribution in [1.82, 2.24) is 4.90 Å². The molecule has 27 heavy (non-hydrogen) atoms. The van der Waals surface area contributed by atoms with Crippen LogP contribution in [0.3, 0.4) is 0 Å². The van der Waals surface area contributed by atoms with Crippen molar-refractivity contribution in [2.24, 2.45) is 0 Å². The highest BCUT2D eigenvalue weighted by molar-refractivity contribution is 7.99. The maximum atomic E-state index is 14.0. The Hall–Kier alpha value is -2.02. The molecule has 2 aromatic rings. The fraction of sp³-hybridized carbons (Fsp3) is 0.350. The molecule has 144 valence electrons. The van der Waals surface area contributed by atoms with Crippen molar-refractivity contribution in [3.8, 4) is 0 Å². The van der Waals surface area contributed by atoms with E-state index in [1.807, 2.05) is 0 Å². The third-order valence-corrected chi connectivity index (χ3v) is 5.89. The van der Waals surface area contributed by atoms with Crippen LogP contribution in [0, 0.1) is 5.82 Å². The summed E-state index contributed by atoms with van der Waals surface area (Å²) in [6.45, 7) is 1.06. The van der Waals surface area contributed by atoms with Crippen LogP contribution in [0.15, 0.2) is 48.5 Å². The van der Waals surface area contributed by atoms with Crippen LogP contribution in [0.2, 0.25) is 0 Å². The Balaban J connectivity index is 1.60. The van der Waals surface area contributed by atoms with Gasteiger partial charge < -0.3 is 4.90 Å². The summed E-state index contributed by atoms with van der Waals surface area (Å²) in [6.07, 6.45) is -3.68. The number of thioether (sulfide) groups is 1. The average molecular weight is 397 g/mol. The van der Waals surface area contributed by atoms with E-state index >= 15 is 0 Å². The largest absolute Gasteiger partial charge is 0.416 e. The number of hydrogen-bond donors (Lipinski definition) is 0. The predicted molar refractivity (Wildman–Crippen MR) is 97.9 cm³/mol. The molecule has 2 aromatic carbocycles. The minimum atomic E-state index is -4.38. The summed E-state index contributed by atoms with van der Waals surface area (Å²) in [5.74, 6) is 0.335. The fourth-order valence-corrected chi connectivity index (χ4v) is 4.36. The number of amides is 1. The van der Waals surface area contributed by atoms with Gasteiger partial charge in [-0.05, 0) is 30.2 Å². The van der Waals surface area contributed by atoms with Crippen LogP contribution in [0.25, 0.3) is 0 Å². The summed E-state index contributed by atoms with van der Waals surface area (Å²) in [6, 6.07) is 11.3. The molecule has 1 aliphatic rings. The molecule has 0 spiro atoms. The Bertz CT molecular complexity index is 791. The first-order valence-electron chi connectivity index (χ1n) is 8.64. The Morgan fingerprint density at radius 2 is 1.78 bits per heavy atom. The van der Waals surface area contributed by atoms with Gasteiger partial charge >= 0.3 is 6.18 Å². The number of carbonyl (C=O) groups is 1. The number of benzene rings is 2. The quantitative estimate of drug-likeness (QED) is 0.672. The molecule has 0 saturated carbocycles. The molecule has 0 radical (unpaired) electrons. The van der Waals surface area contributed by atoms with Gasteiger partial charge in [-0.1, -0.05) is 30.3 Å². The van der Waals surface area contributed by atoms with Crippen molar-refractivity contribution in [3.05, 3.63) is 71.0 Å². The molecule has 3 rings (SSSR count). The van der Waals surface area contributed by atoms with Gasteiger partial charge in [0.2, 0.25) is 5.91 Å². The predicted octanol–water partition coefficient (Wildman–Crippen LogP) is 5.09. The fourth-order valence-electron chi connectivity index (χ4n) is 3.10. The lowest BCUT2D eigenvalue weighted by Gasteiger charge is -2.20. The van der Waals surface area contributed by atoms with Gasteiger partial charge in [0.05, 0.1) is 12.0 Å². The smallest absolute Gasteiger partial charge is 0.342 e. The van der Waals surface area contributed by atoms with Gasteiger partial charge in [0, 0.05) is 29.7 Å². The highest BCUT2D eigenvalue weighted by atomic mass is 32.2. The van der Waals surface area contributed by atoms with E-state index in [9.17, 15) is 22.4 Å². The van der Waals surface area contributed by atoms with Gasteiger partial charge in [-0.2, -0.15) is 24.9 Å². The first-order valence-corrected chi connectivity index (χ1v) is 9.69. The van der Waals surface area contributed by atoms with Crippen LogP contribution in [0.5, 0.6) is 0 Å². The summed E-state index contributed by atoms with van der Waals surface area (Å²) in [5.41, 5.74) is 0.479. The second kappa shape index (κ2) is 8.33. The molecule has 2 nitrogen and oxygen atoms in total. The molecule has 7 heteroatoms. The van der Waals surface area contributed by atoms with Gasteiger partial charge in [0.15, 0.2) is 0 Å². The normalized spacial score (nSPS) is 18.2. The second-order valence-corrected chi connectivity index (χ2v) is 7.73. The zero-order valence-electron chi connectivity index (χ0n) is 14.5. The highest BCUT2D eigenvalue weighted by Crippen LogP contribution is 2.35. The lowest BCUT2D eigenvalue weighted by atomic mass is 10.1. The van der Waals surface area contributed by atoms with Crippen LogP contribution in [0.1, 0.15) is 28.4 Å². The van der Waals surface area contributed by atoms with E-state index < -0.39 is 11.7 Å². The zero-order chi connectivity index (χ0) is 19.4. The topological polar surface area (TPSA) is 20.3 Å². The van der Waals surface area contributed by atoms with Crippen LogP contribution >= 0.6 is 11.8 Å². The second-order valence-electron chi connectivity index (χ2n) is 6.42. The monoisotopic (exact) mass is 397 g/mol. The van der Waals surface area contributed by atoms with E-state index in [0.29, 0.717) is 36.4 Å². The highest BCUT2D eigenvalue weighted by Gasteiger charge is 2.30. The number of carbonyl (C=O) groups excluding carboxylic acids is 1. The molecule has 1 amide bonds. The molecular weight excluding hydrogens is 378 g/mol. The third-order valence-electron chi connectivity index (χ3n) is 4.58. The summed E-state index contributed by atoms with van der Waals surface area (Å²) >= 11 is 1.62. The van der Waals surface area contributed by atoms with Crippen LogP contribution < -0.4 is 0 Å². The minimum absolute atomic E-state index is 0.00457. The van der Waals surface area contributed by atoms with Crippen molar-refractivity contribution in [1.29, 1.82) is 0 Å². The molecule has 1 fully saturated rings. The molecule has 0 aliphatic carbocycles. The van der Waals surface area contributed by atoms with Crippen molar-refractivity contribution in [2.45, 2.75) is 24.3 Å². The molecule has 1 unspecified atom stereocenters. The summed E-state index contributed by atoms with van der Waals surface area (Å²) in [4.78, 5) is 14.2. The van der Waals surface area contributed by atoms with E-state index in [-0.39, 0.29) is 23.4 Å². The van der Waals surface area contributed by atoms with Crippen molar-refractivity contribution in [3.63, 3.8) is 0 Å². The number of rotatable bonds is 3. The number of halogens is 4. The average Bonchev–Trinajstić information content (AvgIpc) is 2.88. The number of nitrogens with zero attached hydrogens (tertiary/aromatic N) is 1. The first-order chi connectivity index (χ1) is 12.8. The summed E-state index contributed by atoms with van der Waals surface area (Å²) < 4.78 is 51.8. The van der Waals surface area contributed by atoms with Gasteiger partial charge in [0.25, 0.3) is 0 Å². The molecule has 0 aromatic heterocycles. The van der Waals surface area contributed by atoms with Crippen molar-refractivity contribution in [2.75, 3.05) is 18.8 Å². The molecule has 0 bridgehead atoms. The summed E-state index contributed by atoms with van der Waals surface area (Å²) in [7, 11) is 0. The van der Waals surface area contributed by atoms with Crippen molar-refractivity contribution >= 4 is 17.7 Å². The molecule has 1 aliphatic heterocycles. The lowest BCUT2D eigenvalue weighted by molar-refractivity contribution is -0.137. The standard InChI is InChI=1S/C20H19F4NOS/c21-17-4-2-1-3-16(17)18-9-10-25(11-12-27-18)19(26)13-14-5-7-15(8-6-14)20(22,23)24/h1-8,18H,9-13H2. The zero-order valence-corrected chi connectivity index (χ0v) is 15.3. The van der Waals surface area contributed by atoms with Gasteiger partial charge in [-0.3, -0.25) is 4.79 Å². The maximum Gasteiger partial charge on any atom is 0.416 e. The van der Waals surface area contributed by atoms with Gasteiger partial charge in [0.1, 0.15) is 5.82 Å². The van der Waals surface area contributed by atoms with E-state index in [2.05, 4.69) is 0 Å². The van der Waals surface area contributed by atoms with E-state index in [1.165, 1.54) is 18.2 Å². The first kappa shape index (κ1) is 19.7.